The lowest BCUT2D eigenvalue weighted by molar-refractivity contribution is -0.576. The van der Waals surface area contributed by atoms with Gasteiger partial charge in [-0.15, -0.1) is 0 Å². The Bertz CT molecular complexity index is 759. The molecule has 0 radical (unpaired) electrons. The van der Waals surface area contributed by atoms with Crippen LogP contribution in [0.25, 0.3) is 0 Å². The molecular formula is C21H27NO6. The second-order valence-electron chi connectivity index (χ2n) is 8.92. The minimum atomic E-state index is -0.837. The maximum absolute atomic E-state index is 12.6. The number of hydrogen-bond donors (Lipinski definition) is 0. The molecule has 1 spiro atoms. The Balaban J connectivity index is 1.46. The summed E-state index contributed by atoms with van der Waals surface area (Å²) in [6.07, 6.45) is 5.60. The maximum Gasteiger partial charge on any atom is 0.342 e. The van der Waals surface area contributed by atoms with Crippen molar-refractivity contribution < 1.29 is 28.8 Å². The number of fused-ring (bicyclic) bond motifs is 2. The van der Waals surface area contributed by atoms with E-state index >= 15 is 0 Å². The van der Waals surface area contributed by atoms with Crippen molar-refractivity contribution in [2.75, 3.05) is 0 Å². The van der Waals surface area contributed by atoms with Crippen molar-refractivity contribution in [2.24, 2.45) is 23.7 Å². The van der Waals surface area contributed by atoms with Gasteiger partial charge in [-0.3, -0.25) is 4.98 Å². The van der Waals surface area contributed by atoms with Crippen LogP contribution in [0.4, 0.5) is 0 Å². The predicted molar refractivity (Wildman–Crippen MR) is 96.5 cm³/mol. The summed E-state index contributed by atoms with van der Waals surface area (Å²) in [5.41, 5.74) is -0.242. The highest BCUT2D eigenvalue weighted by Gasteiger charge is 2.69. The first kappa shape index (κ1) is 18.5. The molecule has 0 amide bonds. The van der Waals surface area contributed by atoms with Crippen molar-refractivity contribution in [3.8, 4) is 0 Å². The summed E-state index contributed by atoms with van der Waals surface area (Å²) in [5.74, 6) is -0.405. The Morgan fingerprint density at radius 1 is 1.21 bits per heavy atom. The molecule has 5 fully saturated rings. The molecule has 0 unspecified atom stereocenters. The summed E-state index contributed by atoms with van der Waals surface area (Å²) in [5, 5.41) is 0. The molecule has 152 valence electrons. The van der Waals surface area contributed by atoms with Crippen LogP contribution in [-0.4, -0.2) is 34.9 Å². The van der Waals surface area contributed by atoms with Gasteiger partial charge in [0.2, 0.25) is 12.1 Å². The van der Waals surface area contributed by atoms with Crippen molar-refractivity contribution in [1.29, 1.82) is 0 Å². The van der Waals surface area contributed by atoms with Gasteiger partial charge in [-0.05, 0) is 50.2 Å². The van der Waals surface area contributed by atoms with Crippen LogP contribution in [0.2, 0.25) is 0 Å². The highest BCUT2D eigenvalue weighted by molar-refractivity contribution is 5.89. The summed E-state index contributed by atoms with van der Waals surface area (Å²) < 4.78 is 18.3. The predicted octanol–water partition coefficient (Wildman–Crippen LogP) is 3.45. The normalized spacial score (nSPS) is 47.1. The minimum Gasteiger partial charge on any atom is -0.432 e. The Hall–Kier alpha value is -1.54. The number of rotatable bonds is 2. The van der Waals surface area contributed by atoms with Gasteiger partial charge in [-0.2, -0.15) is 0 Å². The average Bonchev–Trinajstić information content (AvgIpc) is 2.92. The molecule has 2 bridgehead atoms. The zero-order valence-electron chi connectivity index (χ0n) is 16.5. The largest absolute Gasteiger partial charge is 0.432 e. The van der Waals surface area contributed by atoms with E-state index in [1.165, 1.54) is 6.20 Å². The number of nitrogens with zero attached hydrogens (tertiary/aromatic N) is 1. The van der Waals surface area contributed by atoms with Gasteiger partial charge in [0.1, 0.15) is 0 Å². The molecule has 4 aliphatic heterocycles. The summed E-state index contributed by atoms with van der Waals surface area (Å²) in [6.45, 7) is 6.22. The van der Waals surface area contributed by atoms with Gasteiger partial charge in [0.15, 0.2) is 11.9 Å². The number of aromatic nitrogens is 1. The zero-order valence-corrected chi connectivity index (χ0v) is 16.5. The molecular weight excluding hydrogens is 362 g/mol. The first-order valence-electron chi connectivity index (χ1n) is 10.2. The zero-order chi connectivity index (χ0) is 19.5. The van der Waals surface area contributed by atoms with Gasteiger partial charge < -0.3 is 14.2 Å². The first-order valence-corrected chi connectivity index (χ1v) is 10.2. The van der Waals surface area contributed by atoms with Crippen LogP contribution in [0, 0.1) is 23.7 Å². The Kier molecular flexibility index (Phi) is 4.28. The van der Waals surface area contributed by atoms with E-state index in [0.717, 1.165) is 25.7 Å². The molecule has 1 saturated carbocycles. The quantitative estimate of drug-likeness (QED) is 0.566. The van der Waals surface area contributed by atoms with Crippen LogP contribution in [0.3, 0.4) is 0 Å². The Labute approximate surface area is 164 Å². The van der Waals surface area contributed by atoms with Crippen molar-refractivity contribution in [3.63, 3.8) is 0 Å². The molecule has 0 aromatic carbocycles. The summed E-state index contributed by atoms with van der Waals surface area (Å²) in [6, 6.07) is 3.40. The molecule has 28 heavy (non-hydrogen) atoms. The van der Waals surface area contributed by atoms with Crippen LogP contribution in [0.15, 0.2) is 24.5 Å². The second kappa shape index (κ2) is 6.49. The molecule has 7 heteroatoms. The lowest BCUT2D eigenvalue weighted by atomic mass is 9.58. The van der Waals surface area contributed by atoms with E-state index < -0.39 is 29.9 Å². The average molecular weight is 389 g/mol. The first-order chi connectivity index (χ1) is 13.4. The highest BCUT2D eigenvalue weighted by atomic mass is 17.3. The fraction of sp³-hybridized carbons (Fsp3) is 0.714. The summed E-state index contributed by atoms with van der Waals surface area (Å²) in [7, 11) is 0. The molecule has 6 rings (SSSR count). The molecule has 7 nitrogen and oxygen atoms in total. The van der Waals surface area contributed by atoms with Crippen molar-refractivity contribution in [3.05, 3.63) is 30.1 Å². The van der Waals surface area contributed by atoms with E-state index in [1.807, 2.05) is 6.92 Å². The van der Waals surface area contributed by atoms with Crippen molar-refractivity contribution in [2.45, 2.75) is 70.4 Å². The number of carbonyl (C=O) groups is 1. The fourth-order valence-corrected chi connectivity index (χ4v) is 5.66. The molecule has 1 aromatic heterocycles. The standard InChI is InChI=1S/C21H27NO6/c1-12-6-7-16-13(2)18(24-17(23)14-5-4-10-22-11-14)25-19-21(16)15(12)8-9-20(3,26-19)27-28-21/h4-5,10-13,15-16,18-19H,6-9H2,1-3H3/t12-,13-,15+,16-,18-,19-,20-,21-/m1/s1. The number of pyridine rings is 1. The Morgan fingerprint density at radius 3 is 2.86 bits per heavy atom. The summed E-state index contributed by atoms with van der Waals surface area (Å²) in [4.78, 5) is 28.5. The van der Waals surface area contributed by atoms with E-state index in [0.29, 0.717) is 11.5 Å². The lowest BCUT2D eigenvalue weighted by Crippen LogP contribution is -2.70. The van der Waals surface area contributed by atoms with E-state index in [4.69, 9.17) is 24.0 Å². The lowest BCUT2D eigenvalue weighted by Gasteiger charge is -2.59. The van der Waals surface area contributed by atoms with Crippen LogP contribution in [0.5, 0.6) is 0 Å². The van der Waals surface area contributed by atoms with Gasteiger partial charge in [-0.1, -0.05) is 13.8 Å². The topological polar surface area (TPSA) is 76.1 Å². The van der Waals surface area contributed by atoms with E-state index in [2.05, 4.69) is 18.8 Å². The monoisotopic (exact) mass is 389 g/mol. The number of hydrogen-bond acceptors (Lipinski definition) is 7. The summed E-state index contributed by atoms with van der Waals surface area (Å²) >= 11 is 0. The number of ether oxygens (including phenoxy) is 3. The smallest absolute Gasteiger partial charge is 0.342 e. The van der Waals surface area contributed by atoms with Gasteiger partial charge in [0.05, 0.1) is 5.56 Å². The molecule has 5 heterocycles. The fourth-order valence-electron chi connectivity index (χ4n) is 5.66. The molecule has 0 N–H and O–H groups in total. The third kappa shape index (κ3) is 2.64. The van der Waals surface area contributed by atoms with Crippen LogP contribution >= 0.6 is 0 Å². The Morgan fingerprint density at radius 2 is 2.07 bits per heavy atom. The van der Waals surface area contributed by atoms with Gasteiger partial charge in [0, 0.05) is 30.7 Å². The van der Waals surface area contributed by atoms with Crippen molar-refractivity contribution >= 4 is 5.97 Å². The van der Waals surface area contributed by atoms with E-state index in [-0.39, 0.29) is 17.8 Å². The molecule has 4 saturated heterocycles. The van der Waals surface area contributed by atoms with Crippen LogP contribution < -0.4 is 0 Å². The molecule has 5 aliphatic rings. The van der Waals surface area contributed by atoms with Crippen molar-refractivity contribution in [1.82, 2.24) is 4.98 Å². The molecule has 1 aliphatic carbocycles. The third-order valence-electron chi connectivity index (χ3n) is 7.22. The van der Waals surface area contributed by atoms with Gasteiger partial charge in [0.25, 0.3) is 0 Å². The minimum absolute atomic E-state index is 0.0403. The van der Waals surface area contributed by atoms with Crippen LogP contribution in [-0.2, 0) is 24.0 Å². The molecule has 1 aromatic rings. The van der Waals surface area contributed by atoms with Gasteiger partial charge >= 0.3 is 5.97 Å². The van der Waals surface area contributed by atoms with Gasteiger partial charge in [-0.25, -0.2) is 14.6 Å². The maximum atomic E-state index is 12.6. The van der Waals surface area contributed by atoms with E-state index in [1.54, 1.807) is 18.3 Å². The third-order valence-corrected chi connectivity index (χ3v) is 7.22. The second-order valence-corrected chi connectivity index (χ2v) is 8.92. The molecule has 8 atom stereocenters. The highest BCUT2D eigenvalue weighted by Crippen LogP contribution is 2.60. The van der Waals surface area contributed by atoms with Crippen LogP contribution in [0.1, 0.15) is 56.8 Å². The number of carbonyl (C=O) groups excluding carboxylic acids is 1. The van der Waals surface area contributed by atoms with E-state index in [9.17, 15) is 4.79 Å². The SMILES string of the molecule is C[C@H]1[C@H](OC(=O)c2cccnc2)O[C@@H]2O[C@@]3(C)CC[C@H]4[C@H](C)CC[C@H]1[C@@]24OO3. The number of esters is 1.